The fourth-order valence-corrected chi connectivity index (χ4v) is 5.95. The number of fused-ring (bicyclic) bond motifs is 4. The Kier molecular flexibility index (Phi) is 5.57. The Hall–Kier alpha value is -4.44. The quantitative estimate of drug-likeness (QED) is 0.311. The highest BCUT2D eigenvalue weighted by Crippen LogP contribution is 2.47. The minimum absolute atomic E-state index is 0.0875. The van der Waals surface area contributed by atoms with E-state index in [2.05, 4.69) is 10.2 Å². The van der Waals surface area contributed by atoms with Crippen molar-refractivity contribution >= 4 is 52.2 Å². The molecular formula is C27H22ClN5O5. The standard InChI is InChI=1S/C27H22ClN5O5/c28-18-6-8-20(9-7-18)32-25(35)27(24(34)29-26(32)36)15-17-14-21(33(37)38)10-11-22(17)31-13-12-30(16-23(27)31)19-4-2-1-3-5-19/h1-11,14,23H,12-13,15-16H2,(H,29,34,36). The van der Waals surface area contributed by atoms with E-state index in [9.17, 15) is 24.5 Å². The lowest BCUT2D eigenvalue weighted by molar-refractivity contribution is -0.384. The van der Waals surface area contributed by atoms with Crippen molar-refractivity contribution in [2.45, 2.75) is 12.5 Å². The predicted molar refractivity (Wildman–Crippen MR) is 141 cm³/mol. The number of non-ortho nitro benzene ring substituents is 1. The van der Waals surface area contributed by atoms with Crippen molar-refractivity contribution in [2.75, 3.05) is 34.3 Å². The number of barbiturate groups is 1. The van der Waals surface area contributed by atoms with Crippen molar-refractivity contribution in [2.24, 2.45) is 5.41 Å². The molecule has 3 aliphatic heterocycles. The second-order valence-electron chi connectivity index (χ2n) is 9.59. The maximum Gasteiger partial charge on any atom is 0.335 e. The van der Waals surface area contributed by atoms with Crippen LogP contribution < -0.4 is 20.0 Å². The van der Waals surface area contributed by atoms with Gasteiger partial charge in [-0.25, -0.2) is 9.69 Å². The van der Waals surface area contributed by atoms with E-state index in [1.807, 2.05) is 35.2 Å². The molecule has 38 heavy (non-hydrogen) atoms. The van der Waals surface area contributed by atoms with Crippen LogP contribution in [0.1, 0.15) is 5.56 Å². The number of urea groups is 1. The van der Waals surface area contributed by atoms with E-state index in [4.69, 9.17) is 11.6 Å². The number of amides is 4. The summed E-state index contributed by atoms with van der Waals surface area (Å²) in [6, 6.07) is 18.9. The van der Waals surface area contributed by atoms with Crippen molar-refractivity contribution in [1.29, 1.82) is 0 Å². The Labute approximate surface area is 222 Å². The number of anilines is 3. The van der Waals surface area contributed by atoms with Crippen molar-refractivity contribution in [3.63, 3.8) is 0 Å². The van der Waals surface area contributed by atoms with E-state index in [-0.39, 0.29) is 17.8 Å². The van der Waals surface area contributed by atoms with Gasteiger partial charge in [-0.1, -0.05) is 29.8 Å². The van der Waals surface area contributed by atoms with Crippen LogP contribution in [-0.2, 0) is 16.0 Å². The SMILES string of the molecule is O=C1NC(=O)C2(Cc3cc([N+](=O)[O-])ccc3N3CCN(c4ccccc4)CC32)C(=O)N1c1ccc(Cl)cc1. The summed E-state index contributed by atoms with van der Waals surface area (Å²) in [6.07, 6.45) is -0.0875. The van der Waals surface area contributed by atoms with Gasteiger partial charge in [-0.05, 0) is 48.0 Å². The first kappa shape index (κ1) is 23.9. The van der Waals surface area contributed by atoms with Crippen LogP contribution in [0.3, 0.4) is 0 Å². The lowest BCUT2D eigenvalue weighted by Crippen LogP contribution is -2.75. The van der Waals surface area contributed by atoms with Gasteiger partial charge in [0.1, 0.15) is 0 Å². The largest absolute Gasteiger partial charge is 0.368 e. The number of nitrogens with zero attached hydrogens (tertiary/aromatic N) is 4. The molecule has 3 aliphatic rings. The van der Waals surface area contributed by atoms with Gasteiger partial charge in [-0.2, -0.15) is 0 Å². The van der Waals surface area contributed by atoms with E-state index in [1.54, 1.807) is 30.3 Å². The van der Waals surface area contributed by atoms with E-state index in [0.29, 0.717) is 30.2 Å². The third-order valence-corrected chi connectivity index (χ3v) is 7.87. The van der Waals surface area contributed by atoms with E-state index >= 15 is 0 Å². The summed E-state index contributed by atoms with van der Waals surface area (Å²) in [7, 11) is 0. The second-order valence-corrected chi connectivity index (χ2v) is 10.0. The van der Waals surface area contributed by atoms with E-state index in [1.165, 1.54) is 12.1 Å². The summed E-state index contributed by atoms with van der Waals surface area (Å²) in [5, 5.41) is 14.4. The zero-order valence-electron chi connectivity index (χ0n) is 20.0. The second kappa shape index (κ2) is 8.84. The van der Waals surface area contributed by atoms with Crippen molar-refractivity contribution in [3.8, 4) is 0 Å². The van der Waals surface area contributed by atoms with Gasteiger partial charge in [0.25, 0.3) is 11.6 Å². The Balaban J connectivity index is 1.50. The number of piperazine rings is 1. The Morgan fingerprint density at radius 1 is 0.947 bits per heavy atom. The molecule has 6 rings (SSSR count). The Bertz CT molecular complexity index is 1480. The third kappa shape index (κ3) is 3.59. The molecule has 0 aromatic heterocycles. The lowest BCUT2D eigenvalue weighted by atomic mass is 9.67. The fourth-order valence-electron chi connectivity index (χ4n) is 5.82. The van der Waals surface area contributed by atoms with Crippen LogP contribution in [0, 0.1) is 15.5 Å². The highest BCUT2D eigenvalue weighted by molar-refractivity contribution is 6.32. The van der Waals surface area contributed by atoms with Gasteiger partial charge in [-0.3, -0.25) is 25.0 Å². The molecule has 1 spiro atoms. The molecule has 192 valence electrons. The molecule has 3 aromatic rings. The maximum absolute atomic E-state index is 14.4. The number of para-hydroxylation sites is 1. The molecule has 10 nitrogen and oxygen atoms in total. The van der Waals surface area contributed by atoms with Crippen LogP contribution >= 0.6 is 11.6 Å². The number of carbonyl (C=O) groups is 3. The summed E-state index contributed by atoms with van der Waals surface area (Å²) >= 11 is 6.03. The average molecular weight is 532 g/mol. The summed E-state index contributed by atoms with van der Waals surface area (Å²) in [5.41, 5.74) is 0.645. The molecule has 3 heterocycles. The molecule has 2 fully saturated rings. The van der Waals surface area contributed by atoms with Crippen LogP contribution in [0.4, 0.5) is 27.5 Å². The van der Waals surface area contributed by atoms with Gasteiger partial charge in [-0.15, -0.1) is 0 Å². The lowest BCUT2D eigenvalue weighted by Gasteiger charge is -2.55. The first-order valence-electron chi connectivity index (χ1n) is 12.1. The van der Waals surface area contributed by atoms with Gasteiger partial charge in [0.05, 0.1) is 16.7 Å². The van der Waals surface area contributed by atoms with Crippen molar-refractivity contribution < 1.29 is 19.3 Å². The molecule has 11 heteroatoms. The summed E-state index contributed by atoms with van der Waals surface area (Å²) < 4.78 is 0. The number of hydrogen-bond acceptors (Lipinski definition) is 7. The molecule has 2 saturated heterocycles. The zero-order chi connectivity index (χ0) is 26.6. The smallest absolute Gasteiger partial charge is 0.335 e. The third-order valence-electron chi connectivity index (χ3n) is 7.62. The summed E-state index contributed by atoms with van der Waals surface area (Å²) in [6.45, 7) is 1.42. The molecule has 3 aromatic carbocycles. The normalized spacial score (nSPS) is 22.7. The summed E-state index contributed by atoms with van der Waals surface area (Å²) in [5.74, 6) is -1.38. The minimum atomic E-state index is -1.71. The van der Waals surface area contributed by atoms with Crippen LogP contribution in [0.25, 0.3) is 0 Å². The topological polar surface area (TPSA) is 116 Å². The molecule has 0 aliphatic carbocycles. The first-order chi connectivity index (χ1) is 18.3. The molecule has 2 unspecified atom stereocenters. The number of rotatable bonds is 3. The number of nitro groups is 1. The predicted octanol–water partition coefficient (Wildman–Crippen LogP) is 3.77. The van der Waals surface area contributed by atoms with Crippen LogP contribution in [0.15, 0.2) is 72.8 Å². The number of nitrogens with one attached hydrogen (secondary N) is 1. The number of halogens is 1. The molecule has 0 bridgehead atoms. The molecule has 2 atom stereocenters. The van der Waals surface area contributed by atoms with Crippen molar-refractivity contribution in [3.05, 3.63) is 93.5 Å². The minimum Gasteiger partial charge on any atom is -0.368 e. The van der Waals surface area contributed by atoms with Crippen LogP contribution in [0.2, 0.25) is 5.02 Å². The van der Waals surface area contributed by atoms with Gasteiger partial charge < -0.3 is 9.80 Å². The van der Waals surface area contributed by atoms with E-state index < -0.39 is 34.2 Å². The molecule has 4 amide bonds. The molecule has 0 saturated carbocycles. The van der Waals surface area contributed by atoms with Crippen LogP contribution in [-0.4, -0.2) is 48.4 Å². The van der Waals surface area contributed by atoms with Gasteiger partial charge >= 0.3 is 6.03 Å². The summed E-state index contributed by atoms with van der Waals surface area (Å²) in [4.78, 5) is 57.2. The molecule has 0 radical (unpaired) electrons. The highest BCUT2D eigenvalue weighted by Gasteiger charge is 2.63. The van der Waals surface area contributed by atoms with E-state index in [0.717, 1.165) is 16.3 Å². The van der Waals surface area contributed by atoms with Gasteiger partial charge in [0.2, 0.25) is 5.91 Å². The van der Waals surface area contributed by atoms with Gasteiger partial charge in [0.15, 0.2) is 5.41 Å². The number of nitro benzene ring substituents is 1. The first-order valence-corrected chi connectivity index (χ1v) is 12.5. The maximum atomic E-state index is 14.4. The number of carbonyl (C=O) groups excluding carboxylic acids is 3. The zero-order valence-corrected chi connectivity index (χ0v) is 20.8. The number of hydrogen-bond donors (Lipinski definition) is 1. The molecule has 1 N–H and O–H groups in total. The molecular weight excluding hydrogens is 510 g/mol. The Morgan fingerprint density at radius 3 is 2.39 bits per heavy atom. The monoisotopic (exact) mass is 531 g/mol. The number of imide groups is 2. The Morgan fingerprint density at radius 2 is 1.68 bits per heavy atom. The highest BCUT2D eigenvalue weighted by atomic mass is 35.5. The fraction of sp³-hybridized carbons (Fsp3) is 0.222. The van der Waals surface area contributed by atoms with Crippen LogP contribution in [0.5, 0.6) is 0 Å². The average Bonchev–Trinajstić information content (AvgIpc) is 2.92. The van der Waals surface area contributed by atoms with Gasteiger partial charge in [0, 0.05) is 54.6 Å². The van der Waals surface area contributed by atoms with Crippen molar-refractivity contribution in [1.82, 2.24) is 5.32 Å². The number of benzene rings is 3.